The molecule has 0 amide bonds. The lowest BCUT2D eigenvalue weighted by molar-refractivity contribution is 0.259. The minimum Gasteiger partial charge on any atom is -0.495 e. The summed E-state index contributed by atoms with van der Waals surface area (Å²) in [6.45, 7) is 0.871. The topological polar surface area (TPSA) is 97.0 Å². The van der Waals surface area contributed by atoms with E-state index in [1.54, 1.807) is 25.3 Å². The number of nitrogens with zero attached hydrogens (tertiary/aromatic N) is 2. The molecule has 0 bridgehead atoms. The Morgan fingerprint density at radius 3 is 2.88 bits per heavy atom. The summed E-state index contributed by atoms with van der Waals surface area (Å²) in [5.74, 6) is 0.791. The number of hydrogen-bond donors (Lipinski definition) is 2. The van der Waals surface area contributed by atoms with E-state index >= 15 is 0 Å². The van der Waals surface area contributed by atoms with Crippen LogP contribution in [0.2, 0.25) is 5.02 Å². The van der Waals surface area contributed by atoms with Crippen molar-refractivity contribution in [3.63, 3.8) is 0 Å². The minimum atomic E-state index is -3.22. The van der Waals surface area contributed by atoms with E-state index in [0.717, 1.165) is 19.3 Å². The number of ether oxygens (including phenoxy) is 1. The first kappa shape index (κ1) is 18.8. The number of nitrogens with one attached hydrogen (secondary N) is 1. The van der Waals surface area contributed by atoms with Gasteiger partial charge in [0.1, 0.15) is 5.75 Å². The van der Waals surface area contributed by atoms with E-state index in [0.29, 0.717) is 29.5 Å². The second kappa shape index (κ2) is 8.04. The van der Waals surface area contributed by atoms with Crippen LogP contribution in [0.1, 0.15) is 19.3 Å². The SMILES string of the molecule is COc1ccc(NC(N)=NCC2CCCCN2S(C)(=O)=O)cc1Cl. The molecule has 1 aliphatic heterocycles. The predicted octanol–water partition coefficient (Wildman–Crippen LogP) is 1.89. The van der Waals surface area contributed by atoms with Gasteiger partial charge in [0, 0.05) is 18.3 Å². The first-order chi connectivity index (χ1) is 11.3. The normalized spacial score (nSPS) is 20.0. The molecule has 7 nitrogen and oxygen atoms in total. The number of aliphatic imine (C=N–C) groups is 1. The Bertz CT molecular complexity index is 709. The Kier molecular flexibility index (Phi) is 6.31. The Labute approximate surface area is 147 Å². The van der Waals surface area contributed by atoms with Crippen molar-refractivity contribution in [2.45, 2.75) is 25.3 Å². The Hall–Kier alpha value is -1.51. The summed E-state index contributed by atoms with van der Waals surface area (Å²) in [7, 11) is -1.68. The third-order valence-corrected chi connectivity index (χ3v) is 5.52. The standard InChI is InChI=1S/C15H23ClN4O3S/c1-23-14-7-6-11(9-13(14)16)19-15(17)18-10-12-5-3-4-8-20(12)24(2,21)22/h6-7,9,12H,3-5,8,10H2,1-2H3,(H3,17,18,19). The molecular weight excluding hydrogens is 352 g/mol. The lowest BCUT2D eigenvalue weighted by atomic mass is 10.1. The average Bonchev–Trinajstić information content (AvgIpc) is 2.52. The Balaban J connectivity index is 2.01. The molecule has 1 atom stereocenters. The van der Waals surface area contributed by atoms with Gasteiger partial charge in [-0.3, -0.25) is 4.99 Å². The molecule has 9 heteroatoms. The van der Waals surface area contributed by atoms with Gasteiger partial charge in [0.25, 0.3) is 0 Å². The van der Waals surface area contributed by atoms with Gasteiger partial charge in [-0.05, 0) is 31.0 Å². The molecule has 24 heavy (non-hydrogen) atoms. The molecule has 0 aromatic heterocycles. The number of anilines is 1. The van der Waals surface area contributed by atoms with Gasteiger partial charge < -0.3 is 15.8 Å². The lowest BCUT2D eigenvalue weighted by Crippen LogP contribution is -2.45. The van der Waals surface area contributed by atoms with Crippen molar-refractivity contribution in [2.24, 2.45) is 10.7 Å². The largest absolute Gasteiger partial charge is 0.495 e. The summed E-state index contributed by atoms with van der Waals surface area (Å²) in [5.41, 5.74) is 6.58. The van der Waals surface area contributed by atoms with Gasteiger partial charge in [-0.25, -0.2) is 8.42 Å². The summed E-state index contributed by atoms with van der Waals surface area (Å²) in [5, 5.41) is 3.41. The molecule has 0 spiro atoms. The zero-order chi connectivity index (χ0) is 17.7. The number of halogens is 1. The van der Waals surface area contributed by atoms with E-state index in [1.807, 2.05) is 0 Å². The Morgan fingerprint density at radius 2 is 2.25 bits per heavy atom. The maximum atomic E-state index is 11.8. The highest BCUT2D eigenvalue weighted by Gasteiger charge is 2.28. The maximum Gasteiger partial charge on any atom is 0.211 e. The highest BCUT2D eigenvalue weighted by molar-refractivity contribution is 7.88. The molecule has 1 aromatic rings. The molecule has 0 radical (unpaired) electrons. The molecule has 0 saturated carbocycles. The highest BCUT2D eigenvalue weighted by Crippen LogP contribution is 2.27. The van der Waals surface area contributed by atoms with Gasteiger partial charge in [0.05, 0.1) is 24.9 Å². The molecular formula is C15H23ClN4O3S. The first-order valence-corrected chi connectivity index (χ1v) is 9.91. The molecule has 134 valence electrons. The van der Waals surface area contributed by atoms with Crippen LogP contribution in [-0.4, -0.2) is 51.2 Å². The third-order valence-electron chi connectivity index (χ3n) is 3.90. The van der Waals surface area contributed by atoms with Gasteiger partial charge >= 0.3 is 0 Å². The van der Waals surface area contributed by atoms with Gasteiger partial charge in [-0.2, -0.15) is 4.31 Å². The van der Waals surface area contributed by atoms with Crippen molar-refractivity contribution in [3.05, 3.63) is 23.2 Å². The average molecular weight is 375 g/mol. The van der Waals surface area contributed by atoms with Crippen molar-refractivity contribution >= 4 is 33.3 Å². The van der Waals surface area contributed by atoms with Crippen LogP contribution < -0.4 is 15.8 Å². The molecule has 2 rings (SSSR count). The van der Waals surface area contributed by atoms with E-state index in [-0.39, 0.29) is 12.0 Å². The lowest BCUT2D eigenvalue weighted by Gasteiger charge is -2.32. The quantitative estimate of drug-likeness (QED) is 0.606. The number of benzene rings is 1. The molecule has 1 unspecified atom stereocenters. The highest BCUT2D eigenvalue weighted by atomic mass is 35.5. The van der Waals surface area contributed by atoms with Crippen LogP contribution in [0.25, 0.3) is 0 Å². The van der Waals surface area contributed by atoms with Gasteiger partial charge in [0.2, 0.25) is 10.0 Å². The van der Waals surface area contributed by atoms with Gasteiger partial charge in [0.15, 0.2) is 5.96 Å². The first-order valence-electron chi connectivity index (χ1n) is 7.68. The number of nitrogens with two attached hydrogens (primary N) is 1. The summed E-state index contributed by atoms with van der Waals surface area (Å²) in [6.07, 6.45) is 3.90. The smallest absolute Gasteiger partial charge is 0.211 e. The van der Waals surface area contributed by atoms with Crippen LogP contribution in [0.3, 0.4) is 0 Å². The number of rotatable bonds is 5. The molecule has 1 saturated heterocycles. The second-order valence-corrected chi connectivity index (χ2v) is 8.07. The van der Waals surface area contributed by atoms with E-state index in [4.69, 9.17) is 22.1 Å². The number of methoxy groups -OCH3 is 1. The summed E-state index contributed by atoms with van der Waals surface area (Å²) in [6, 6.07) is 5.04. The molecule has 1 aliphatic rings. The summed E-state index contributed by atoms with van der Waals surface area (Å²) < 4.78 is 30.3. The molecule has 1 aromatic carbocycles. The molecule has 0 aliphatic carbocycles. The fourth-order valence-electron chi connectivity index (χ4n) is 2.73. The third kappa shape index (κ3) is 4.99. The van der Waals surface area contributed by atoms with Gasteiger partial charge in [-0.1, -0.05) is 18.0 Å². The summed E-state index contributed by atoms with van der Waals surface area (Å²) in [4.78, 5) is 4.28. The van der Waals surface area contributed by atoms with E-state index in [2.05, 4.69) is 10.3 Å². The second-order valence-electron chi connectivity index (χ2n) is 5.72. The summed E-state index contributed by atoms with van der Waals surface area (Å²) >= 11 is 6.06. The number of sulfonamides is 1. The van der Waals surface area contributed by atoms with Crippen LogP contribution in [0.5, 0.6) is 5.75 Å². The van der Waals surface area contributed by atoms with Gasteiger partial charge in [-0.15, -0.1) is 0 Å². The van der Waals surface area contributed by atoms with Crippen molar-refractivity contribution in [1.29, 1.82) is 0 Å². The van der Waals surface area contributed by atoms with E-state index in [1.165, 1.54) is 10.6 Å². The van der Waals surface area contributed by atoms with E-state index in [9.17, 15) is 8.42 Å². The minimum absolute atomic E-state index is 0.145. The van der Waals surface area contributed by atoms with E-state index < -0.39 is 10.0 Å². The van der Waals surface area contributed by atoms with Crippen LogP contribution >= 0.6 is 11.6 Å². The zero-order valence-electron chi connectivity index (χ0n) is 13.8. The Morgan fingerprint density at radius 1 is 1.50 bits per heavy atom. The van der Waals surface area contributed by atoms with Crippen LogP contribution in [0.4, 0.5) is 5.69 Å². The molecule has 1 fully saturated rings. The van der Waals surface area contributed by atoms with Crippen LogP contribution in [-0.2, 0) is 10.0 Å². The number of piperidine rings is 1. The zero-order valence-corrected chi connectivity index (χ0v) is 15.4. The molecule has 3 N–H and O–H groups in total. The monoisotopic (exact) mass is 374 g/mol. The van der Waals surface area contributed by atoms with Crippen molar-refractivity contribution in [3.8, 4) is 5.75 Å². The van der Waals surface area contributed by atoms with Crippen molar-refractivity contribution in [1.82, 2.24) is 4.31 Å². The number of hydrogen-bond acceptors (Lipinski definition) is 4. The molecule has 1 heterocycles. The predicted molar refractivity (Wildman–Crippen MR) is 97.3 cm³/mol. The van der Waals surface area contributed by atoms with Crippen LogP contribution in [0, 0.1) is 0 Å². The van der Waals surface area contributed by atoms with Crippen molar-refractivity contribution in [2.75, 3.05) is 31.8 Å². The number of guanidine groups is 1. The fraction of sp³-hybridized carbons (Fsp3) is 0.533. The fourth-order valence-corrected chi connectivity index (χ4v) is 4.16. The van der Waals surface area contributed by atoms with Crippen LogP contribution in [0.15, 0.2) is 23.2 Å². The maximum absolute atomic E-state index is 11.8. The van der Waals surface area contributed by atoms with Crippen molar-refractivity contribution < 1.29 is 13.2 Å².